The first kappa shape index (κ1) is 22.2. The van der Waals surface area contributed by atoms with Crippen molar-refractivity contribution in [3.05, 3.63) is 0 Å². The fourth-order valence-corrected chi connectivity index (χ4v) is 4.23. The molecular formula is C15H26N4O3S3. The summed E-state index contributed by atoms with van der Waals surface area (Å²) in [6.45, 7) is 7.93. The number of rotatable bonds is 13. The predicted octanol–water partition coefficient (Wildman–Crippen LogP) is 2.18. The van der Waals surface area contributed by atoms with Crippen LogP contribution in [-0.4, -0.2) is 59.3 Å². The van der Waals surface area contributed by atoms with Gasteiger partial charge in [-0.15, -0.1) is 10.2 Å². The molecule has 0 aliphatic heterocycles. The molecule has 10 heteroatoms. The topological polar surface area (TPSA) is 93.2 Å². The summed E-state index contributed by atoms with van der Waals surface area (Å²) in [5, 5.41) is 13.7. The molecular weight excluding hydrogens is 380 g/mol. The summed E-state index contributed by atoms with van der Waals surface area (Å²) < 4.78 is 6.88. The lowest BCUT2D eigenvalue weighted by molar-refractivity contribution is -0.119. The SMILES string of the molecule is CCCNC(=O)CSc1nnc(SCC(=O)NCCCOC(C)C)s1. The Labute approximate surface area is 161 Å². The highest BCUT2D eigenvalue weighted by Crippen LogP contribution is 2.28. The predicted molar refractivity (Wildman–Crippen MR) is 103 cm³/mol. The van der Waals surface area contributed by atoms with Gasteiger partial charge in [-0.2, -0.15) is 0 Å². The van der Waals surface area contributed by atoms with Crippen LogP contribution >= 0.6 is 34.9 Å². The summed E-state index contributed by atoms with van der Waals surface area (Å²) in [6.07, 6.45) is 1.94. The van der Waals surface area contributed by atoms with Crippen LogP contribution in [0.15, 0.2) is 8.68 Å². The number of hydrogen-bond acceptors (Lipinski definition) is 8. The highest BCUT2D eigenvalue weighted by atomic mass is 32.2. The van der Waals surface area contributed by atoms with Crippen LogP contribution in [0.4, 0.5) is 0 Å². The maximum absolute atomic E-state index is 11.8. The molecule has 0 spiro atoms. The van der Waals surface area contributed by atoms with Crippen LogP contribution in [0.1, 0.15) is 33.6 Å². The molecule has 1 aromatic rings. The van der Waals surface area contributed by atoms with E-state index in [-0.39, 0.29) is 17.9 Å². The molecule has 1 aromatic heterocycles. The van der Waals surface area contributed by atoms with Gasteiger partial charge in [-0.25, -0.2) is 0 Å². The molecule has 0 aromatic carbocycles. The van der Waals surface area contributed by atoms with Crippen LogP contribution in [0.25, 0.3) is 0 Å². The van der Waals surface area contributed by atoms with E-state index in [4.69, 9.17) is 4.74 Å². The van der Waals surface area contributed by atoms with E-state index in [1.165, 1.54) is 34.9 Å². The van der Waals surface area contributed by atoms with Gasteiger partial charge in [0, 0.05) is 19.7 Å². The lowest BCUT2D eigenvalue weighted by Gasteiger charge is -2.07. The van der Waals surface area contributed by atoms with E-state index in [0.29, 0.717) is 31.2 Å². The highest BCUT2D eigenvalue weighted by Gasteiger charge is 2.10. The van der Waals surface area contributed by atoms with Gasteiger partial charge in [0.2, 0.25) is 11.8 Å². The minimum Gasteiger partial charge on any atom is -0.379 e. The van der Waals surface area contributed by atoms with Crippen molar-refractivity contribution < 1.29 is 14.3 Å². The summed E-state index contributed by atoms with van der Waals surface area (Å²) in [5.74, 6) is 0.606. The number of carbonyl (C=O) groups excluding carboxylic acids is 2. The molecule has 2 N–H and O–H groups in total. The molecule has 0 aliphatic rings. The monoisotopic (exact) mass is 406 g/mol. The Morgan fingerprint density at radius 3 is 2.16 bits per heavy atom. The average Bonchev–Trinajstić information content (AvgIpc) is 3.03. The number of nitrogens with zero attached hydrogens (tertiary/aromatic N) is 2. The van der Waals surface area contributed by atoms with Gasteiger partial charge in [-0.3, -0.25) is 9.59 Å². The minimum absolute atomic E-state index is 0.00271. The molecule has 0 saturated carbocycles. The van der Waals surface area contributed by atoms with Gasteiger partial charge in [0.15, 0.2) is 8.68 Å². The van der Waals surface area contributed by atoms with Crippen molar-refractivity contribution in [2.75, 3.05) is 31.2 Å². The molecule has 0 atom stereocenters. The quantitative estimate of drug-likeness (QED) is 0.383. The molecule has 0 fully saturated rings. The Morgan fingerprint density at radius 2 is 1.64 bits per heavy atom. The van der Waals surface area contributed by atoms with E-state index in [9.17, 15) is 9.59 Å². The van der Waals surface area contributed by atoms with E-state index in [0.717, 1.165) is 21.5 Å². The smallest absolute Gasteiger partial charge is 0.230 e. The van der Waals surface area contributed by atoms with E-state index < -0.39 is 0 Å². The van der Waals surface area contributed by atoms with Crippen molar-refractivity contribution in [3.63, 3.8) is 0 Å². The maximum atomic E-state index is 11.8. The number of hydrogen-bond donors (Lipinski definition) is 2. The zero-order chi connectivity index (χ0) is 18.5. The third-order valence-corrected chi connectivity index (χ3v) is 5.90. The van der Waals surface area contributed by atoms with Gasteiger partial charge in [-0.1, -0.05) is 41.8 Å². The summed E-state index contributed by atoms with van der Waals surface area (Å²) in [5.41, 5.74) is 0. The first-order valence-electron chi connectivity index (χ1n) is 8.25. The van der Waals surface area contributed by atoms with Crippen LogP contribution in [-0.2, 0) is 14.3 Å². The van der Waals surface area contributed by atoms with Crippen LogP contribution in [0, 0.1) is 0 Å². The Balaban J connectivity index is 2.16. The molecule has 0 saturated heterocycles. The summed E-state index contributed by atoms with van der Waals surface area (Å²) >= 11 is 4.11. The average molecular weight is 407 g/mol. The van der Waals surface area contributed by atoms with Crippen molar-refractivity contribution in [1.82, 2.24) is 20.8 Å². The van der Waals surface area contributed by atoms with Crippen LogP contribution < -0.4 is 10.6 Å². The van der Waals surface area contributed by atoms with E-state index >= 15 is 0 Å². The second-order valence-corrected chi connectivity index (χ2v) is 8.81. The normalized spacial score (nSPS) is 10.9. The molecule has 7 nitrogen and oxygen atoms in total. The van der Waals surface area contributed by atoms with Gasteiger partial charge < -0.3 is 15.4 Å². The molecule has 0 unspecified atom stereocenters. The van der Waals surface area contributed by atoms with Gasteiger partial charge in [-0.05, 0) is 26.7 Å². The highest BCUT2D eigenvalue weighted by molar-refractivity contribution is 8.03. The number of aromatic nitrogens is 2. The van der Waals surface area contributed by atoms with Gasteiger partial charge in [0.25, 0.3) is 0 Å². The second kappa shape index (κ2) is 13.4. The van der Waals surface area contributed by atoms with Gasteiger partial charge >= 0.3 is 0 Å². The van der Waals surface area contributed by atoms with Crippen molar-refractivity contribution in [3.8, 4) is 0 Å². The Kier molecular flexibility index (Phi) is 11.9. The van der Waals surface area contributed by atoms with Crippen molar-refractivity contribution in [2.24, 2.45) is 0 Å². The van der Waals surface area contributed by atoms with Crippen LogP contribution in [0.3, 0.4) is 0 Å². The van der Waals surface area contributed by atoms with E-state index in [2.05, 4.69) is 20.8 Å². The van der Waals surface area contributed by atoms with Gasteiger partial charge in [0.05, 0.1) is 17.6 Å². The van der Waals surface area contributed by atoms with Crippen LogP contribution in [0.5, 0.6) is 0 Å². The zero-order valence-corrected chi connectivity index (χ0v) is 17.3. The molecule has 0 bridgehead atoms. The Bertz CT molecular complexity index is 526. The zero-order valence-electron chi connectivity index (χ0n) is 14.9. The van der Waals surface area contributed by atoms with Crippen molar-refractivity contribution in [2.45, 2.75) is 48.4 Å². The Hall–Kier alpha value is -0.840. The van der Waals surface area contributed by atoms with Crippen molar-refractivity contribution in [1.29, 1.82) is 0 Å². The number of amides is 2. The molecule has 142 valence electrons. The number of nitrogens with one attached hydrogen (secondary N) is 2. The van der Waals surface area contributed by atoms with E-state index in [1.807, 2.05) is 20.8 Å². The molecule has 1 heterocycles. The summed E-state index contributed by atoms with van der Waals surface area (Å²) in [6, 6.07) is 0. The summed E-state index contributed by atoms with van der Waals surface area (Å²) in [7, 11) is 0. The lowest BCUT2D eigenvalue weighted by Crippen LogP contribution is -2.27. The van der Waals surface area contributed by atoms with Gasteiger partial charge in [0.1, 0.15) is 0 Å². The van der Waals surface area contributed by atoms with E-state index in [1.54, 1.807) is 0 Å². The molecule has 25 heavy (non-hydrogen) atoms. The fourth-order valence-electron chi connectivity index (χ4n) is 1.55. The minimum atomic E-state index is -0.0297. The largest absolute Gasteiger partial charge is 0.379 e. The van der Waals surface area contributed by atoms with Crippen LogP contribution in [0.2, 0.25) is 0 Å². The lowest BCUT2D eigenvalue weighted by atomic mass is 10.4. The molecule has 1 rings (SSSR count). The third kappa shape index (κ3) is 11.4. The number of thioether (sulfide) groups is 2. The molecule has 2 amide bonds. The number of carbonyl (C=O) groups is 2. The number of ether oxygens (including phenoxy) is 1. The second-order valence-electron chi connectivity index (χ2n) is 5.38. The summed E-state index contributed by atoms with van der Waals surface area (Å²) in [4.78, 5) is 23.3. The fraction of sp³-hybridized carbons (Fsp3) is 0.733. The maximum Gasteiger partial charge on any atom is 0.230 e. The third-order valence-electron chi connectivity index (χ3n) is 2.71. The molecule has 0 radical (unpaired) electrons. The molecule has 0 aliphatic carbocycles. The standard InChI is InChI=1S/C15H26N4O3S3/c1-4-6-16-12(20)9-23-14-18-19-15(25-14)24-10-13(21)17-7-5-8-22-11(2)3/h11H,4-10H2,1-3H3,(H,16,20)(H,17,21). The first-order valence-corrected chi connectivity index (χ1v) is 11.0. The Morgan fingerprint density at radius 1 is 1.08 bits per heavy atom. The van der Waals surface area contributed by atoms with Crippen molar-refractivity contribution >= 4 is 46.7 Å². The first-order chi connectivity index (χ1) is 12.0.